The lowest BCUT2D eigenvalue weighted by atomic mass is 10.1. The van der Waals surface area contributed by atoms with Crippen LogP contribution in [0.3, 0.4) is 0 Å². The lowest BCUT2D eigenvalue weighted by Crippen LogP contribution is -2.22. The average Bonchev–Trinajstić information content (AvgIpc) is 3.03. The first kappa shape index (κ1) is 17.0. The van der Waals surface area contributed by atoms with Crippen LogP contribution in [-0.4, -0.2) is 21.7 Å². The Morgan fingerprint density at radius 3 is 2.68 bits per heavy atom. The van der Waals surface area contributed by atoms with Crippen molar-refractivity contribution in [3.63, 3.8) is 0 Å². The molecule has 1 amide bonds. The lowest BCUT2D eigenvalue weighted by Gasteiger charge is -2.04. The topological polar surface area (TPSA) is 91.9 Å². The van der Waals surface area contributed by atoms with Crippen LogP contribution in [-0.2, 0) is 11.3 Å². The van der Waals surface area contributed by atoms with Gasteiger partial charge in [-0.15, -0.1) is 11.3 Å². The van der Waals surface area contributed by atoms with Crippen molar-refractivity contribution in [2.24, 2.45) is 0 Å². The molecule has 7 heteroatoms. The van der Waals surface area contributed by atoms with Crippen molar-refractivity contribution < 1.29 is 9.59 Å². The fourth-order valence-electron chi connectivity index (χ4n) is 2.39. The van der Waals surface area contributed by atoms with Gasteiger partial charge in [0.1, 0.15) is 4.83 Å². The molecule has 128 valence electrons. The largest absolute Gasteiger partial charge is 0.351 e. The number of rotatable bonds is 6. The second-order valence-electron chi connectivity index (χ2n) is 5.73. The standard InChI is InChI=1S/C18H17N3O3S/c1-11-2-4-12(5-3-11)15(22)6-7-16(23)19-9-13-8-14-17(24)20-10-21-18(14)25-13/h2-5,8,10H,6-7,9H2,1H3,(H,19,23)(H,20,21,24). The van der Waals surface area contributed by atoms with Gasteiger partial charge in [-0.3, -0.25) is 14.4 Å². The van der Waals surface area contributed by atoms with Crippen LogP contribution in [0.5, 0.6) is 0 Å². The number of nitrogens with zero attached hydrogens (tertiary/aromatic N) is 1. The smallest absolute Gasteiger partial charge is 0.259 e. The number of aromatic amines is 1. The van der Waals surface area contributed by atoms with E-state index in [4.69, 9.17) is 0 Å². The Morgan fingerprint density at radius 2 is 1.96 bits per heavy atom. The molecule has 6 nitrogen and oxygen atoms in total. The average molecular weight is 355 g/mol. The molecule has 1 aromatic carbocycles. The highest BCUT2D eigenvalue weighted by atomic mass is 32.1. The highest BCUT2D eigenvalue weighted by molar-refractivity contribution is 7.18. The SMILES string of the molecule is Cc1ccc(C(=O)CCC(=O)NCc2cc3c(=O)[nH]cnc3s2)cc1. The third-order valence-corrected chi connectivity index (χ3v) is 4.84. The van der Waals surface area contributed by atoms with Crippen LogP contribution in [0.4, 0.5) is 0 Å². The molecule has 0 bridgehead atoms. The summed E-state index contributed by atoms with van der Waals surface area (Å²) in [4.78, 5) is 43.8. The van der Waals surface area contributed by atoms with E-state index >= 15 is 0 Å². The van der Waals surface area contributed by atoms with Gasteiger partial charge in [-0.2, -0.15) is 0 Å². The van der Waals surface area contributed by atoms with Gasteiger partial charge in [-0.05, 0) is 13.0 Å². The molecule has 2 N–H and O–H groups in total. The molecule has 0 saturated carbocycles. The number of amides is 1. The number of aryl methyl sites for hydroxylation is 1. The molecule has 25 heavy (non-hydrogen) atoms. The molecule has 3 aromatic rings. The maximum absolute atomic E-state index is 12.1. The number of carbonyl (C=O) groups is 2. The number of aromatic nitrogens is 2. The molecule has 0 unspecified atom stereocenters. The Hall–Kier alpha value is -2.80. The van der Waals surface area contributed by atoms with Crippen LogP contribution in [0.1, 0.15) is 33.6 Å². The van der Waals surface area contributed by atoms with Gasteiger partial charge in [0.25, 0.3) is 5.56 Å². The van der Waals surface area contributed by atoms with Gasteiger partial charge >= 0.3 is 0 Å². The molecule has 0 fully saturated rings. The summed E-state index contributed by atoms with van der Waals surface area (Å²) in [5, 5.41) is 3.29. The van der Waals surface area contributed by atoms with Gasteiger partial charge < -0.3 is 10.3 Å². The molecule has 0 aliphatic rings. The van der Waals surface area contributed by atoms with E-state index in [2.05, 4.69) is 15.3 Å². The van der Waals surface area contributed by atoms with E-state index in [0.717, 1.165) is 10.4 Å². The van der Waals surface area contributed by atoms with E-state index in [1.165, 1.54) is 17.7 Å². The van der Waals surface area contributed by atoms with Crippen molar-refractivity contribution in [1.29, 1.82) is 0 Å². The summed E-state index contributed by atoms with van der Waals surface area (Å²) in [5.74, 6) is -0.243. The summed E-state index contributed by atoms with van der Waals surface area (Å²) in [6, 6.07) is 9.03. The maximum atomic E-state index is 12.1. The predicted octanol–water partition coefficient (Wildman–Crippen LogP) is 2.57. The quantitative estimate of drug-likeness (QED) is 0.665. The van der Waals surface area contributed by atoms with Crippen molar-refractivity contribution >= 4 is 33.2 Å². The first-order chi connectivity index (χ1) is 12.0. The Kier molecular flexibility index (Phi) is 5.04. The zero-order valence-corrected chi connectivity index (χ0v) is 14.5. The molecule has 3 rings (SSSR count). The van der Waals surface area contributed by atoms with Crippen LogP contribution < -0.4 is 10.9 Å². The Bertz CT molecular complexity index is 973. The summed E-state index contributed by atoms with van der Waals surface area (Å²) < 4.78 is 0. The minimum Gasteiger partial charge on any atom is -0.351 e. The van der Waals surface area contributed by atoms with E-state index in [-0.39, 0.29) is 30.1 Å². The second kappa shape index (κ2) is 7.40. The van der Waals surface area contributed by atoms with E-state index < -0.39 is 0 Å². The molecular weight excluding hydrogens is 338 g/mol. The Balaban J connectivity index is 1.52. The maximum Gasteiger partial charge on any atom is 0.259 e. The van der Waals surface area contributed by atoms with Crippen LogP contribution in [0, 0.1) is 6.92 Å². The molecule has 0 saturated heterocycles. The normalized spacial score (nSPS) is 10.8. The van der Waals surface area contributed by atoms with Gasteiger partial charge in [-0.25, -0.2) is 4.98 Å². The molecule has 0 spiro atoms. The fourth-order valence-corrected chi connectivity index (χ4v) is 3.33. The predicted molar refractivity (Wildman–Crippen MR) is 96.8 cm³/mol. The third kappa shape index (κ3) is 4.19. The van der Waals surface area contributed by atoms with Crippen LogP contribution in [0.25, 0.3) is 10.2 Å². The van der Waals surface area contributed by atoms with Gasteiger partial charge in [-0.1, -0.05) is 29.8 Å². The summed E-state index contributed by atoms with van der Waals surface area (Å²) in [6.45, 7) is 2.27. The summed E-state index contributed by atoms with van der Waals surface area (Å²) in [6.07, 6.45) is 1.67. The fraction of sp³-hybridized carbons (Fsp3) is 0.222. The van der Waals surface area contributed by atoms with Gasteiger partial charge in [0.2, 0.25) is 5.91 Å². The summed E-state index contributed by atoms with van der Waals surface area (Å²) in [7, 11) is 0. The zero-order chi connectivity index (χ0) is 17.8. The van der Waals surface area contributed by atoms with Crippen molar-refractivity contribution in [2.75, 3.05) is 0 Å². The van der Waals surface area contributed by atoms with Gasteiger partial charge in [0.15, 0.2) is 5.78 Å². The molecule has 0 aliphatic heterocycles. The van der Waals surface area contributed by atoms with E-state index in [9.17, 15) is 14.4 Å². The van der Waals surface area contributed by atoms with Gasteiger partial charge in [0, 0.05) is 23.3 Å². The molecule has 0 atom stereocenters. The summed E-state index contributed by atoms with van der Waals surface area (Å²) in [5.41, 5.74) is 1.52. The van der Waals surface area contributed by atoms with Crippen molar-refractivity contribution in [3.05, 3.63) is 63.0 Å². The number of Topliss-reactive ketones (excluding diaryl/α,β-unsaturated/α-hetero) is 1. The monoisotopic (exact) mass is 355 g/mol. The molecule has 2 aromatic heterocycles. The number of ketones is 1. The second-order valence-corrected chi connectivity index (χ2v) is 6.84. The number of hydrogen-bond donors (Lipinski definition) is 2. The first-order valence-corrected chi connectivity index (χ1v) is 8.67. The number of thiophene rings is 1. The molecular formula is C18H17N3O3S. The number of H-pyrrole nitrogens is 1. The number of benzene rings is 1. The van der Waals surface area contributed by atoms with Crippen molar-refractivity contribution in [2.45, 2.75) is 26.3 Å². The van der Waals surface area contributed by atoms with Crippen molar-refractivity contribution in [1.82, 2.24) is 15.3 Å². The van der Waals surface area contributed by atoms with Gasteiger partial charge in [0.05, 0.1) is 18.3 Å². The van der Waals surface area contributed by atoms with Crippen molar-refractivity contribution in [3.8, 4) is 0 Å². The van der Waals surface area contributed by atoms with Crippen LogP contribution in [0.15, 0.2) is 41.5 Å². The molecule has 2 heterocycles. The van der Waals surface area contributed by atoms with E-state index in [1.54, 1.807) is 18.2 Å². The first-order valence-electron chi connectivity index (χ1n) is 7.85. The number of fused-ring (bicyclic) bond motifs is 1. The van der Waals surface area contributed by atoms with Crippen LogP contribution in [0.2, 0.25) is 0 Å². The lowest BCUT2D eigenvalue weighted by molar-refractivity contribution is -0.121. The Labute approximate surface area is 147 Å². The number of carbonyl (C=O) groups excluding carboxylic acids is 2. The highest BCUT2D eigenvalue weighted by Gasteiger charge is 2.10. The van der Waals surface area contributed by atoms with Crippen LogP contribution >= 0.6 is 11.3 Å². The minimum atomic E-state index is -0.195. The van der Waals surface area contributed by atoms with E-state index in [0.29, 0.717) is 22.3 Å². The minimum absolute atomic E-state index is 0.0484. The number of nitrogens with one attached hydrogen (secondary N) is 2. The molecule has 0 aliphatic carbocycles. The highest BCUT2D eigenvalue weighted by Crippen LogP contribution is 2.20. The summed E-state index contributed by atoms with van der Waals surface area (Å²) >= 11 is 1.36. The zero-order valence-electron chi connectivity index (χ0n) is 13.7. The third-order valence-electron chi connectivity index (χ3n) is 3.80. The van der Waals surface area contributed by atoms with E-state index in [1.807, 2.05) is 19.1 Å². The number of hydrogen-bond acceptors (Lipinski definition) is 5. The Morgan fingerprint density at radius 1 is 1.20 bits per heavy atom. The molecule has 0 radical (unpaired) electrons.